The first-order valence-corrected chi connectivity index (χ1v) is 1.55. The van der Waals surface area contributed by atoms with Gasteiger partial charge in [0.25, 0.3) is 0 Å². The Morgan fingerprint density at radius 1 is 0.800 bits per heavy atom. The van der Waals surface area contributed by atoms with Crippen LogP contribution in [-0.2, 0) is 20.4 Å². The molecule has 2 nitrogen and oxygen atoms in total. The molecule has 0 spiro atoms. The second kappa shape index (κ2) is 51.6. The van der Waals surface area contributed by atoms with Gasteiger partial charge in [-0.2, -0.15) is 0 Å². The van der Waals surface area contributed by atoms with Crippen LogP contribution in [0.2, 0.25) is 0 Å². The van der Waals surface area contributed by atoms with Gasteiger partial charge in [-0.25, -0.2) is 0 Å². The van der Waals surface area contributed by atoms with Crippen molar-refractivity contribution in [1.82, 2.24) is 0 Å². The summed E-state index contributed by atoms with van der Waals surface area (Å²) in [6, 6.07) is 0. The van der Waals surface area contributed by atoms with E-state index >= 15 is 0 Å². The molecule has 0 saturated heterocycles. The smallest absolute Gasteiger partial charge is 0 e. The second-order valence-electron chi connectivity index (χ2n) is 0. The van der Waals surface area contributed by atoms with Crippen LogP contribution in [0.25, 0.3) is 0 Å². The van der Waals surface area contributed by atoms with Crippen molar-refractivity contribution >= 4 is 18.9 Å². The molecule has 0 rings (SSSR count). The van der Waals surface area contributed by atoms with Crippen LogP contribution < -0.4 is 0 Å². The van der Waals surface area contributed by atoms with Crippen LogP contribution in [0.15, 0.2) is 0 Å². The summed E-state index contributed by atoms with van der Waals surface area (Å²) in [6.07, 6.45) is 0. The van der Waals surface area contributed by atoms with E-state index in [4.69, 9.17) is 9.79 Å². The molecule has 2 atom stereocenters. The molecule has 0 aliphatic heterocycles. The van der Waals surface area contributed by atoms with E-state index in [2.05, 4.69) is 0 Å². The minimum absolute atomic E-state index is 0. The van der Waals surface area contributed by atoms with Gasteiger partial charge >= 0.3 is 0 Å². The number of hydrogen-bond donors (Lipinski definition) is 2. The molecular formula is H6O2P2Pd. The molecule has 0 heterocycles. The quantitative estimate of drug-likeness (QED) is 0.416. The predicted molar refractivity (Wildman–Crippen MR) is 23.9 cm³/mol. The zero-order valence-corrected chi connectivity index (χ0v) is 6.23. The Bertz CT molecular complexity index is 7.61. The summed E-state index contributed by atoms with van der Waals surface area (Å²) in [7, 11) is 2.83. The normalized spacial score (nSPS) is 2.40. The molecule has 0 aromatic rings. The van der Waals surface area contributed by atoms with E-state index in [1.807, 2.05) is 0 Å². The fourth-order valence-electron chi connectivity index (χ4n) is 0. The molecule has 0 bridgehead atoms. The van der Waals surface area contributed by atoms with E-state index in [1.54, 1.807) is 0 Å². The third-order valence-electron chi connectivity index (χ3n) is 0. The van der Waals surface area contributed by atoms with Gasteiger partial charge in [0.15, 0.2) is 0 Å². The van der Waals surface area contributed by atoms with E-state index in [1.165, 1.54) is 18.9 Å². The molecule has 5 heteroatoms. The zero-order valence-electron chi connectivity index (χ0n) is 2.37. The Hall–Kier alpha value is 1.44. The molecular weight excluding hydrogens is 200 g/mol. The monoisotopic (exact) mass is 206 g/mol. The Morgan fingerprint density at radius 2 is 0.800 bits per heavy atom. The first-order chi connectivity index (χ1) is 2.00. The SMILES string of the molecule is OP.OP.[Pd]. The summed E-state index contributed by atoms with van der Waals surface area (Å²) >= 11 is 0. The Kier molecular flexibility index (Phi) is 166. The van der Waals surface area contributed by atoms with Crippen LogP contribution in [0, 0.1) is 0 Å². The molecule has 0 aromatic heterocycles. The van der Waals surface area contributed by atoms with E-state index in [0.717, 1.165) is 0 Å². The Morgan fingerprint density at radius 3 is 0.800 bits per heavy atom. The number of rotatable bonds is 0. The van der Waals surface area contributed by atoms with Crippen molar-refractivity contribution in [2.45, 2.75) is 0 Å². The first kappa shape index (κ1) is 16.1. The fraction of sp³-hybridized carbons (Fsp3) is 0. The van der Waals surface area contributed by atoms with Crippen LogP contribution >= 0.6 is 18.9 Å². The van der Waals surface area contributed by atoms with Gasteiger partial charge in [-0.1, -0.05) is 0 Å². The minimum atomic E-state index is 0. The van der Waals surface area contributed by atoms with Crippen molar-refractivity contribution in [1.29, 1.82) is 0 Å². The van der Waals surface area contributed by atoms with Crippen molar-refractivity contribution in [3.05, 3.63) is 0 Å². The van der Waals surface area contributed by atoms with E-state index < -0.39 is 0 Å². The van der Waals surface area contributed by atoms with E-state index in [0.29, 0.717) is 0 Å². The van der Waals surface area contributed by atoms with E-state index in [-0.39, 0.29) is 20.4 Å². The fourth-order valence-corrected chi connectivity index (χ4v) is 0. The summed E-state index contributed by atoms with van der Waals surface area (Å²) in [5.74, 6) is 0. The largest absolute Gasteiger partial charge is 0.380 e. The van der Waals surface area contributed by atoms with Gasteiger partial charge < -0.3 is 9.79 Å². The maximum absolute atomic E-state index is 6.92. The molecule has 0 amide bonds. The molecule has 2 unspecified atom stereocenters. The molecule has 0 aromatic carbocycles. The topological polar surface area (TPSA) is 40.5 Å². The number of hydrogen-bond acceptors (Lipinski definition) is 2. The van der Waals surface area contributed by atoms with Gasteiger partial charge in [0.05, 0.1) is 0 Å². The van der Waals surface area contributed by atoms with Crippen LogP contribution in [0.3, 0.4) is 0 Å². The van der Waals surface area contributed by atoms with Crippen LogP contribution in [-0.4, -0.2) is 9.79 Å². The van der Waals surface area contributed by atoms with Gasteiger partial charge in [-0.05, 0) is 18.9 Å². The van der Waals surface area contributed by atoms with E-state index in [9.17, 15) is 0 Å². The average molecular weight is 206 g/mol. The van der Waals surface area contributed by atoms with Gasteiger partial charge in [-0.15, -0.1) is 0 Å². The van der Waals surface area contributed by atoms with Crippen molar-refractivity contribution in [2.24, 2.45) is 0 Å². The molecule has 0 aliphatic carbocycles. The summed E-state index contributed by atoms with van der Waals surface area (Å²) in [4.78, 5) is 13.8. The standard InChI is InChI=1S/2H3OP.Pd/c2*1-2;/h2*1H,2H2;. The molecule has 38 valence electrons. The third kappa shape index (κ3) is 31.0. The predicted octanol–water partition coefficient (Wildman–Crippen LogP) is -0.465. The first-order valence-electron chi connectivity index (χ1n) is 0.516. The van der Waals surface area contributed by atoms with Gasteiger partial charge in [0.2, 0.25) is 0 Å². The Balaban J connectivity index is -0.0000000133. The van der Waals surface area contributed by atoms with Crippen LogP contribution in [0.1, 0.15) is 0 Å². The summed E-state index contributed by atoms with van der Waals surface area (Å²) < 4.78 is 0. The maximum atomic E-state index is 6.92. The molecule has 0 fully saturated rings. The van der Waals surface area contributed by atoms with Crippen LogP contribution in [0.4, 0.5) is 0 Å². The molecule has 0 radical (unpaired) electrons. The molecule has 0 saturated carbocycles. The van der Waals surface area contributed by atoms with Gasteiger partial charge in [-0.3, -0.25) is 0 Å². The minimum Gasteiger partial charge on any atom is -0.380 e. The van der Waals surface area contributed by atoms with Crippen molar-refractivity contribution in [3.63, 3.8) is 0 Å². The second-order valence-corrected chi connectivity index (χ2v) is 0. The molecule has 2 N–H and O–H groups in total. The average Bonchev–Trinajstić information content (AvgIpc) is 1.50. The van der Waals surface area contributed by atoms with Crippen LogP contribution in [0.5, 0.6) is 0 Å². The van der Waals surface area contributed by atoms with Crippen molar-refractivity contribution in [2.75, 3.05) is 0 Å². The molecule has 5 heavy (non-hydrogen) atoms. The van der Waals surface area contributed by atoms with Gasteiger partial charge in [0, 0.05) is 20.4 Å². The van der Waals surface area contributed by atoms with Crippen molar-refractivity contribution < 1.29 is 30.2 Å². The summed E-state index contributed by atoms with van der Waals surface area (Å²) in [6.45, 7) is 0. The molecule has 0 aliphatic rings. The van der Waals surface area contributed by atoms with Crippen molar-refractivity contribution in [3.8, 4) is 0 Å². The summed E-state index contributed by atoms with van der Waals surface area (Å²) in [5, 5.41) is 0. The Labute approximate surface area is 49.6 Å². The van der Waals surface area contributed by atoms with Gasteiger partial charge in [0.1, 0.15) is 0 Å². The third-order valence-corrected chi connectivity index (χ3v) is 0. The maximum Gasteiger partial charge on any atom is 0 e. The summed E-state index contributed by atoms with van der Waals surface area (Å²) in [5.41, 5.74) is 0. The zero-order chi connectivity index (χ0) is 4.00.